The molecule has 15 atom stereocenters. The van der Waals surface area contributed by atoms with Gasteiger partial charge in [-0.15, -0.1) is 0 Å². The van der Waals surface area contributed by atoms with Crippen LogP contribution in [0.15, 0.2) is 308 Å². The van der Waals surface area contributed by atoms with Crippen molar-refractivity contribution in [3.63, 3.8) is 0 Å². The van der Waals surface area contributed by atoms with Crippen LogP contribution in [0.25, 0.3) is 0 Å². The number of nitrogens with one attached hydrogen (secondary N) is 1. The Morgan fingerprint density at radius 2 is 0.569 bits per heavy atom. The average Bonchev–Trinajstić information content (AvgIpc) is 0.761. The lowest BCUT2D eigenvalue weighted by molar-refractivity contribution is -0.372. The maximum absolute atomic E-state index is 15.1. The van der Waals surface area contributed by atoms with Crippen molar-refractivity contribution in [2.45, 2.75) is 159 Å². The van der Waals surface area contributed by atoms with E-state index in [4.69, 9.17) is 101 Å². The van der Waals surface area contributed by atoms with E-state index in [2.05, 4.69) is 5.32 Å². The maximum Gasteiger partial charge on any atom is 0.272 e. The SMILES string of the molecule is O=C(N[C@H]1[C@H](O[C@H]2[C@@H](OCc3ccccc3)[C@H](OCc3ccccc3)[C@@H](COCc3ccccc3)O[C@@H]2Sc2ccccc2)O[C@H](COCc2ccccc2)[C@@H](O[C@@H]2O[C@H](COCc3ccccc3)[C@H](OCc3ccccc3)[C@H](OCc3ccccc3)[C@H]2OCc2ccccc2)[C@@H]1OCc1ccccc1)C(Cl)(Cl)Cl. The highest BCUT2D eigenvalue weighted by Gasteiger charge is 2.58. The van der Waals surface area contributed by atoms with Crippen molar-refractivity contribution in [1.29, 1.82) is 0 Å². The first-order valence-electron chi connectivity index (χ1n) is 36.7. The first-order chi connectivity index (χ1) is 53.6. The van der Waals surface area contributed by atoms with Gasteiger partial charge in [0.1, 0.15) is 78.6 Å². The predicted octanol–water partition coefficient (Wildman–Crippen LogP) is 16.7. The summed E-state index contributed by atoms with van der Waals surface area (Å²) in [5.74, 6) is -1.02. The zero-order valence-corrected chi connectivity index (χ0v) is 63.3. The summed E-state index contributed by atoms with van der Waals surface area (Å²) in [4.78, 5) is 15.9. The van der Waals surface area contributed by atoms with Gasteiger partial charge in [-0.2, -0.15) is 0 Å². The summed E-state index contributed by atoms with van der Waals surface area (Å²) in [6.45, 7) is 1.29. The zero-order chi connectivity index (χ0) is 74.7. The van der Waals surface area contributed by atoms with Crippen LogP contribution in [0.2, 0.25) is 0 Å². The average molecular weight is 1550 g/mol. The van der Waals surface area contributed by atoms with E-state index in [0.29, 0.717) is 6.61 Å². The summed E-state index contributed by atoms with van der Waals surface area (Å²) in [6.07, 6.45) is -14.2. The molecule has 3 aliphatic heterocycles. The van der Waals surface area contributed by atoms with E-state index in [0.717, 1.165) is 55.0 Å². The molecule has 1 amide bonds. The van der Waals surface area contributed by atoms with Gasteiger partial charge in [-0.25, -0.2) is 0 Å². The lowest BCUT2D eigenvalue weighted by Crippen LogP contribution is -2.70. The molecule has 3 aliphatic rings. The second kappa shape index (κ2) is 41.6. The number of carbonyl (C=O) groups excluding carboxylic acids is 1. The van der Waals surface area contributed by atoms with Crippen molar-refractivity contribution in [3.8, 4) is 0 Å². The number of carbonyl (C=O) groups is 1. The van der Waals surface area contributed by atoms with Gasteiger partial charge in [0.25, 0.3) is 9.70 Å². The molecular formula is C89H90Cl3NO15S. The number of benzene rings is 10. The molecule has 0 spiro atoms. The minimum absolute atomic E-state index is 0.0105. The molecule has 3 saturated heterocycles. The number of halogens is 3. The Labute approximate surface area is 657 Å². The Balaban J connectivity index is 0.945. The number of thioether (sulfide) groups is 1. The molecule has 0 saturated carbocycles. The molecule has 3 heterocycles. The second-order valence-electron chi connectivity index (χ2n) is 26.8. The molecule has 10 aromatic carbocycles. The van der Waals surface area contributed by atoms with E-state index in [1.165, 1.54) is 11.8 Å². The number of hydrogen-bond donors (Lipinski definition) is 1. The van der Waals surface area contributed by atoms with Crippen LogP contribution in [0.1, 0.15) is 50.1 Å². The minimum Gasteiger partial charge on any atom is -0.374 e. The number of hydrogen-bond acceptors (Lipinski definition) is 16. The number of rotatable bonds is 37. The van der Waals surface area contributed by atoms with Crippen molar-refractivity contribution in [3.05, 3.63) is 353 Å². The van der Waals surface area contributed by atoms with Crippen molar-refractivity contribution >= 4 is 52.5 Å². The molecule has 20 heteroatoms. The standard InChI is InChI=1S/C89H90Cl3NO15S/c90-89(91,92)88(94)93-76-80(100-56-68-41-21-6-22-42-68)79(107-86-83(103-59-71-47-27-9-28-48-71)81(101-57-69-43-23-7-24-44-69)77(98-54-66-37-17-4-18-38-66)73(105-86)60-95-51-63-31-11-1-12-32-63)75(62-97-53-65-35-15-3-16-36-65)104-85(76)108-84-82(102-58-70-45-25-8-26-46-70)78(99-55-67-39-19-5-20-40-67)74(61-96-52-64-33-13-2-14-34-64)106-87(84)109-72-49-29-10-30-50-72/h1-50,73-87H,51-62H2,(H,93,94)/t73-,74-,75-,76-,77+,78-,79-,80-,81+,82+,83-,84+,85+,86+,87-/m1/s1. The first kappa shape index (κ1) is 79.4. The Hall–Kier alpha value is -7.67. The van der Waals surface area contributed by atoms with Crippen LogP contribution < -0.4 is 5.32 Å². The van der Waals surface area contributed by atoms with Gasteiger partial charge in [0.15, 0.2) is 12.6 Å². The fourth-order valence-electron chi connectivity index (χ4n) is 13.4. The van der Waals surface area contributed by atoms with E-state index in [1.807, 2.05) is 303 Å². The van der Waals surface area contributed by atoms with Crippen LogP contribution in [-0.2, 0) is 131 Å². The van der Waals surface area contributed by atoms with Crippen LogP contribution >= 0.6 is 46.6 Å². The third-order valence-electron chi connectivity index (χ3n) is 18.9. The number of amides is 1. The predicted molar refractivity (Wildman–Crippen MR) is 419 cm³/mol. The summed E-state index contributed by atoms with van der Waals surface area (Å²) in [7, 11) is 0. The van der Waals surface area contributed by atoms with E-state index in [9.17, 15) is 0 Å². The lowest BCUT2D eigenvalue weighted by atomic mass is 9.94. The molecule has 1 N–H and O–H groups in total. The summed E-state index contributed by atoms with van der Waals surface area (Å²) in [5.41, 5.74) is 7.16. The monoisotopic (exact) mass is 1550 g/mol. The highest BCUT2D eigenvalue weighted by molar-refractivity contribution is 7.99. The van der Waals surface area contributed by atoms with Gasteiger partial charge in [0.05, 0.1) is 79.3 Å². The Bertz CT molecular complexity index is 4210. The largest absolute Gasteiger partial charge is 0.374 e. The third-order valence-corrected chi connectivity index (χ3v) is 20.5. The lowest BCUT2D eigenvalue weighted by Gasteiger charge is -2.52. The molecule has 568 valence electrons. The fraction of sp³-hybridized carbons (Fsp3) is 0.315. The highest BCUT2D eigenvalue weighted by Crippen LogP contribution is 2.43. The molecule has 0 aromatic heterocycles. The molecule has 16 nitrogen and oxygen atoms in total. The van der Waals surface area contributed by atoms with Crippen molar-refractivity contribution in [2.75, 3.05) is 19.8 Å². The summed E-state index contributed by atoms with van der Waals surface area (Å²) < 4.78 is 99.2. The maximum atomic E-state index is 15.1. The van der Waals surface area contributed by atoms with Gasteiger partial charge in [0.2, 0.25) is 0 Å². The summed E-state index contributed by atoms with van der Waals surface area (Å²) >= 11 is 21.6. The summed E-state index contributed by atoms with van der Waals surface area (Å²) in [5, 5.41) is 3.09. The summed E-state index contributed by atoms with van der Waals surface area (Å²) in [6, 6.07) is 97.1. The highest BCUT2D eigenvalue weighted by atomic mass is 35.6. The van der Waals surface area contributed by atoms with Crippen molar-refractivity contribution < 1.29 is 71.1 Å². The van der Waals surface area contributed by atoms with E-state index >= 15 is 4.79 Å². The van der Waals surface area contributed by atoms with Gasteiger partial charge < -0.3 is 71.6 Å². The van der Waals surface area contributed by atoms with E-state index < -0.39 is 101 Å². The Morgan fingerprint density at radius 3 is 0.917 bits per heavy atom. The molecule has 109 heavy (non-hydrogen) atoms. The van der Waals surface area contributed by atoms with Crippen LogP contribution in [0.4, 0.5) is 0 Å². The third kappa shape index (κ3) is 23.7. The van der Waals surface area contributed by atoms with E-state index in [-0.39, 0.29) is 72.7 Å². The van der Waals surface area contributed by atoms with Crippen molar-refractivity contribution in [2.24, 2.45) is 0 Å². The molecule has 0 aliphatic carbocycles. The van der Waals surface area contributed by atoms with Gasteiger partial charge in [-0.05, 0) is 62.2 Å². The molecule has 3 fully saturated rings. The van der Waals surface area contributed by atoms with Gasteiger partial charge in [-0.1, -0.05) is 338 Å². The quantitative estimate of drug-likeness (QED) is 0.0366. The van der Waals surface area contributed by atoms with Crippen LogP contribution in [0.3, 0.4) is 0 Å². The zero-order valence-electron chi connectivity index (χ0n) is 60.2. The second-order valence-corrected chi connectivity index (χ2v) is 30.3. The Kier molecular flexibility index (Phi) is 30.3. The van der Waals surface area contributed by atoms with Crippen LogP contribution in [0, 0.1) is 0 Å². The van der Waals surface area contributed by atoms with Gasteiger partial charge in [0, 0.05) is 4.90 Å². The first-order valence-corrected chi connectivity index (χ1v) is 38.8. The molecule has 10 aromatic rings. The van der Waals surface area contributed by atoms with Gasteiger partial charge in [-0.3, -0.25) is 4.79 Å². The normalized spacial score (nSPS) is 24.3. The minimum atomic E-state index is -2.54. The fourth-order valence-corrected chi connectivity index (χ4v) is 14.7. The Morgan fingerprint density at radius 1 is 0.303 bits per heavy atom. The number of ether oxygens (including phenoxy) is 14. The molecule has 0 unspecified atom stereocenters. The topological polar surface area (TPSA) is 158 Å². The molecular weight excluding hydrogens is 1460 g/mol. The molecule has 13 rings (SSSR count). The van der Waals surface area contributed by atoms with Gasteiger partial charge >= 0.3 is 0 Å². The number of alkyl halides is 3. The molecule has 0 radical (unpaired) electrons. The van der Waals surface area contributed by atoms with E-state index in [1.54, 1.807) is 0 Å². The van der Waals surface area contributed by atoms with Crippen LogP contribution in [0.5, 0.6) is 0 Å². The van der Waals surface area contributed by atoms with Crippen LogP contribution in [-0.4, -0.2) is 121 Å². The van der Waals surface area contributed by atoms with Crippen molar-refractivity contribution in [1.82, 2.24) is 5.32 Å². The molecule has 0 bridgehead atoms. The smallest absolute Gasteiger partial charge is 0.272 e.